The zero-order chi connectivity index (χ0) is 14.2. The summed E-state index contributed by atoms with van der Waals surface area (Å²) < 4.78 is 7.34. The van der Waals surface area contributed by atoms with E-state index in [-0.39, 0.29) is 0 Å². The molecule has 1 aliphatic carbocycles. The van der Waals surface area contributed by atoms with Gasteiger partial charge in [0.05, 0.1) is 11.7 Å². The van der Waals surface area contributed by atoms with Gasteiger partial charge in [-0.2, -0.15) is 5.10 Å². The molecule has 2 rings (SSSR count). The minimum Gasteiger partial charge on any atom is -0.385 e. The maximum absolute atomic E-state index is 5.14. The molecule has 0 spiro atoms. The number of likely N-dealkylation sites (N-methyl/N-ethyl adjacent to an activating group) is 1. The summed E-state index contributed by atoms with van der Waals surface area (Å²) in [5, 5.41) is 8.35. The molecule has 0 amide bonds. The first kappa shape index (κ1) is 15.5. The number of nitrogens with zero attached hydrogens (tertiary/aromatic N) is 2. The first-order chi connectivity index (χ1) is 9.83. The summed E-state index contributed by atoms with van der Waals surface area (Å²) in [6, 6.07) is 3.36. The van der Waals surface area contributed by atoms with Crippen LogP contribution in [0.25, 0.3) is 0 Å². The van der Waals surface area contributed by atoms with E-state index in [2.05, 4.69) is 29.2 Å². The van der Waals surface area contributed by atoms with Crippen molar-refractivity contribution in [3.63, 3.8) is 0 Å². The summed E-state index contributed by atoms with van der Waals surface area (Å²) in [5.41, 5.74) is 1.22. The lowest BCUT2D eigenvalue weighted by molar-refractivity contribution is 0.188. The zero-order valence-electron chi connectivity index (χ0n) is 13.0. The molecule has 0 aromatic carbocycles. The standard InChI is InChI=1S/C16H29N3O/c1-3-17-14(7-6-12-20-2)13-15-10-11-19(18-15)16-8-4-5-9-16/h10-11,14,16-17H,3-9,12-13H2,1-2H3. The van der Waals surface area contributed by atoms with Crippen molar-refractivity contribution in [3.8, 4) is 0 Å². The van der Waals surface area contributed by atoms with Crippen molar-refractivity contribution in [3.05, 3.63) is 18.0 Å². The lowest BCUT2D eigenvalue weighted by atomic mass is 10.1. The first-order valence-electron chi connectivity index (χ1n) is 8.09. The Morgan fingerprint density at radius 2 is 2.25 bits per heavy atom. The van der Waals surface area contributed by atoms with E-state index >= 15 is 0 Å². The van der Waals surface area contributed by atoms with Crippen molar-refractivity contribution in [1.29, 1.82) is 0 Å². The molecule has 0 saturated heterocycles. The second-order valence-corrected chi connectivity index (χ2v) is 5.82. The molecule has 1 atom stereocenters. The minimum absolute atomic E-state index is 0.516. The van der Waals surface area contributed by atoms with E-state index in [0.717, 1.165) is 32.4 Å². The van der Waals surface area contributed by atoms with Crippen LogP contribution in [0.2, 0.25) is 0 Å². The Morgan fingerprint density at radius 3 is 2.95 bits per heavy atom. The molecule has 1 fully saturated rings. The van der Waals surface area contributed by atoms with Crippen LogP contribution >= 0.6 is 0 Å². The molecule has 0 bridgehead atoms. The van der Waals surface area contributed by atoms with E-state index in [0.29, 0.717) is 12.1 Å². The van der Waals surface area contributed by atoms with Gasteiger partial charge in [0, 0.05) is 32.4 Å². The lowest BCUT2D eigenvalue weighted by Gasteiger charge is -2.16. The topological polar surface area (TPSA) is 39.1 Å². The van der Waals surface area contributed by atoms with Crippen LogP contribution in [0.5, 0.6) is 0 Å². The maximum Gasteiger partial charge on any atom is 0.0640 e. The third-order valence-electron chi connectivity index (χ3n) is 4.21. The lowest BCUT2D eigenvalue weighted by Crippen LogP contribution is -2.31. The van der Waals surface area contributed by atoms with Gasteiger partial charge in [-0.3, -0.25) is 4.68 Å². The Morgan fingerprint density at radius 1 is 1.45 bits per heavy atom. The molecule has 0 aliphatic heterocycles. The van der Waals surface area contributed by atoms with Crippen LogP contribution in [0, 0.1) is 0 Å². The van der Waals surface area contributed by atoms with Crippen molar-refractivity contribution < 1.29 is 4.74 Å². The van der Waals surface area contributed by atoms with Crippen molar-refractivity contribution in [2.45, 2.75) is 64.0 Å². The summed E-state index contributed by atoms with van der Waals surface area (Å²) in [6.07, 6.45) is 10.8. The molecule has 4 nitrogen and oxygen atoms in total. The predicted molar refractivity (Wildman–Crippen MR) is 82.0 cm³/mol. The normalized spacial score (nSPS) is 17.7. The SMILES string of the molecule is CCNC(CCCOC)Cc1ccn(C2CCCC2)n1. The van der Waals surface area contributed by atoms with Gasteiger partial charge in [0.25, 0.3) is 0 Å². The highest BCUT2D eigenvalue weighted by atomic mass is 16.5. The van der Waals surface area contributed by atoms with Crippen LogP contribution in [0.3, 0.4) is 0 Å². The van der Waals surface area contributed by atoms with Crippen molar-refractivity contribution in [2.75, 3.05) is 20.3 Å². The van der Waals surface area contributed by atoms with Gasteiger partial charge < -0.3 is 10.1 Å². The Hall–Kier alpha value is -0.870. The Labute approximate surface area is 122 Å². The molecule has 1 unspecified atom stereocenters. The van der Waals surface area contributed by atoms with Crippen LogP contribution in [0.1, 0.15) is 57.2 Å². The van der Waals surface area contributed by atoms with E-state index < -0.39 is 0 Å². The molecule has 1 aliphatic rings. The smallest absolute Gasteiger partial charge is 0.0640 e. The van der Waals surface area contributed by atoms with E-state index in [9.17, 15) is 0 Å². The monoisotopic (exact) mass is 279 g/mol. The second-order valence-electron chi connectivity index (χ2n) is 5.82. The van der Waals surface area contributed by atoms with Crippen LogP contribution in [-0.2, 0) is 11.2 Å². The summed E-state index contributed by atoms with van der Waals surface area (Å²) in [5.74, 6) is 0. The average molecular weight is 279 g/mol. The van der Waals surface area contributed by atoms with Gasteiger partial charge in [0.1, 0.15) is 0 Å². The largest absolute Gasteiger partial charge is 0.385 e. The van der Waals surface area contributed by atoms with E-state index in [1.165, 1.54) is 31.4 Å². The maximum atomic E-state index is 5.14. The van der Waals surface area contributed by atoms with Gasteiger partial charge in [-0.1, -0.05) is 19.8 Å². The molecule has 1 aromatic heterocycles. The number of hydrogen-bond acceptors (Lipinski definition) is 3. The van der Waals surface area contributed by atoms with Gasteiger partial charge in [-0.05, 0) is 38.3 Å². The second kappa shape index (κ2) is 8.42. The predicted octanol–water partition coefficient (Wildman–Crippen LogP) is 2.95. The quantitative estimate of drug-likeness (QED) is 0.706. The van der Waals surface area contributed by atoms with Gasteiger partial charge in [-0.15, -0.1) is 0 Å². The summed E-state index contributed by atoms with van der Waals surface area (Å²) in [7, 11) is 1.77. The third-order valence-corrected chi connectivity index (χ3v) is 4.21. The van der Waals surface area contributed by atoms with E-state index in [4.69, 9.17) is 9.84 Å². The molecule has 114 valence electrons. The number of rotatable bonds is 9. The molecular formula is C16H29N3O. The van der Waals surface area contributed by atoms with E-state index in [1.807, 2.05) is 0 Å². The summed E-state index contributed by atoms with van der Waals surface area (Å²) in [6.45, 7) is 4.03. The van der Waals surface area contributed by atoms with Crippen LogP contribution < -0.4 is 5.32 Å². The highest BCUT2D eigenvalue weighted by molar-refractivity contribution is 5.02. The minimum atomic E-state index is 0.516. The molecule has 0 radical (unpaired) electrons. The fourth-order valence-electron chi connectivity index (χ4n) is 3.15. The molecule has 20 heavy (non-hydrogen) atoms. The van der Waals surface area contributed by atoms with Crippen LogP contribution in [-0.4, -0.2) is 36.1 Å². The highest BCUT2D eigenvalue weighted by Gasteiger charge is 2.18. The van der Waals surface area contributed by atoms with Crippen LogP contribution in [0.15, 0.2) is 12.3 Å². The molecule has 4 heteroatoms. The van der Waals surface area contributed by atoms with Gasteiger partial charge in [0.2, 0.25) is 0 Å². The first-order valence-corrected chi connectivity index (χ1v) is 8.09. The van der Waals surface area contributed by atoms with Gasteiger partial charge in [0.15, 0.2) is 0 Å². The fourth-order valence-corrected chi connectivity index (χ4v) is 3.15. The number of ether oxygens (including phenoxy) is 1. The Balaban J connectivity index is 1.85. The van der Waals surface area contributed by atoms with Crippen molar-refractivity contribution in [1.82, 2.24) is 15.1 Å². The number of nitrogens with one attached hydrogen (secondary N) is 1. The van der Waals surface area contributed by atoms with Crippen molar-refractivity contribution in [2.24, 2.45) is 0 Å². The van der Waals surface area contributed by atoms with Crippen LogP contribution in [0.4, 0.5) is 0 Å². The summed E-state index contributed by atoms with van der Waals surface area (Å²) >= 11 is 0. The fraction of sp³-hybridized carbons (Fsp3) is 0.812. The highest BCUT2D eigenvalue weighted by Crippen LogP contribution is 2.28. The third kappa shape index (κ3) is 4.60. The number of hydrogen-bond donors (Lipinski definition) is 1. The number of methoxy groups -OCH3 is 1. The molecular weight excluding hydrogens is 250 g/mol. The Kier molecular flexibility index (Phi) is 6.54. The Bertz CT molecular complexity index is 372. The zero-order valence-corrected chi connectivity index (χ0v) is 13.0. The van der Waals surface area contributed by atoms with Crippen molar-refractivity contribution >= 4 is 0 Å². The number of aromatic nitrogens is 2. The molecule has 1 N–H and O–H groups in total. The summed E-state index contributed by atoms with van der Waals surface area (Å²) in [4.78, 5) is 0. The van der Waals surface area contributed by atoms with Gasteiger partial charge >= 0.3 is 0 Å². The average Bonchev–Trinajstić information content (AvgIpc) is 3.09. The molecule has 1 saturated carbocycles. The molecule has 1 aromatic rings. The van der Waals surface area contributed by atoms with Gasteiger partial charge in [-0.25, -0.2) is 0 Å². The van der Waals surface area contributed by atoms with E-state index in [1.54, 1.807) is 7.11 Å². The molecule has 1 heterocycles.